The molecule has 6 heteroatoms. The number of esters is 1. The number of nitrogens with zero attached hydrogens (tertiary/aromatic N) is 2. The maximum Gasteiger partial charge on any atom is 0.314 e. The molecule has 24 heavy (non-hydrogen) atoms. The van der Waals surface area contributed by atoms with Gasteiger partial charge in [0, 0.05) is 18.7 Å². The molecule has 1 aliphatic heterocycles. The largest absolute Gasteiger partial charge is 0.469 e. The lowest BCUT2D eigenvalue weighted by Gasteiger charge is -2.54. The summed E-state index contributed by atoms with van der Waals surface area (Å²) in [6.45, 7) is 5.35. The highest BCUT2D eigenvalue weighted by atomic mass is 16.5. The van der Waals surface area contributed by atoms with Crippen molar-refractivity contribution in [1.82, 2.24) is 14.9 Å². The van der Waals surface area contributed by atoms with Crippen LogP contribution < -0.4 is 0 Å². The van der Waals surface area contributed by atoms with Crippen LogP contribution >= 0.6 is 0 Å². The molecule has 1 saturated carbocycles. The molecule has 0 unspecified atom stereocenters. The number of carbonyl (C=O) groups excluding carboxylic acids is 2. The molecule has 0 spiro atoms. The van der Waals surface area contributed by atoms with Crippen molar-refractivity contribution in [2.45, 2.75) is 20.3 Å². The summed E-state index contributed by atoms with van der Waals surface area (Å²) in [5.74, 6) is -0.0802. The average molecular weight is 327 g/mol. The monoisotopic (exact) mass is 327 g/mol. The van der Waals surface area contributed by atoms with E-state index in [1.54, 1.807) is 17.3 Å². The summed E-state index contributed by atoms with van der Waals surface area (Å²) in [6, 6.07) is 5.45. The SMILES string of the molecule is COC(=O)[C@@]12CN(C(=O)c3ccc4nc[nH]c4c3)C[C@@H]1C(C)(C)C2. The number of methoxy groups -OCH3 is 1. The van der Waals surface area contributed by atoms with Crippen molar-refractivity contribution in [3.63, 3.8) is 0 Å². The van der Waals surface area contributed by atoms with Crippen molar-refractivity contribution >= 4 is 22.9 Å². The van der Waals surface area contributed by atoms with Crippen molar-refractivity contribution < 1.29 is 14.3 Å². The number of hydrogen-bond acceptors (Lipinski definition) is 4. The number of aromatic nitrogens is 2. The maximum absolute atomic E-state index is 12.9. The van der Waals surface area contributed by atoms with Gasteiger partial charge < -0.3 is 14.6 Å². The van der Waals surface area contributed by atoms with Gasteiger partial charge >= 0.3 is 5.97 Å². The van der Waals surface area contributed by atoms with E-state index in [4.69, 9.17) is 4.74 Å². The summed E-state index contributed by atoms with van der Waals surface area (Å²) in [5.41, 5.74) is 1.81. The van der Waals surface area contributed by atoms with Crippen molar-refractivity contribution in [3.05, 3.63) is 30.1 Å². The Morgan fingerprint density at radius 3 is 2.88 bits per heavy atom. The van der Waals surface area contributed by atoms with Crippen molar-refractivity contribution in [2.75, 3.05) is 20.2 Å². The number of carbonyl (C=O) groups is 2. The Balaban J connectivity index is 1.63. The first-order valence-corrected chi connectivity index (χ1v) is 8.18. The molecule has 1 aromatic heterocycles. The number of ether oxygens (including phenoxy) is 1. The minimum Gasteiger partial charge on any atom is -0.469 e. The molecule has 1 amide bonds. The second kappa shape index (κ2) is 4.82. The van der Waals surface area contributed by atoms with Crippen molar-refractivity contribution in [2.24, 2.45) is 16.7 Å². The highest BCUT2D eigenvalue weighted by Gasteiger charge is 2.68. The molecule has 1 saturated heterocycles. The van der Waals surface area contributed by atoms with E-state index in [9.17, 15) is 9.59 Å². The molecule has 6 nitrogen and oxygen atoms in total. The molecule has 0 bridgehead atoms. The lowest BCUT2D eigenvalue weighted by atomic mass is 9.48. The third-order valence-corrected chi connectivity index (χ3v) is 5.80. The molecule has 2 aromatic rings. The Morgan fingerprint density at radius 2 is 2.17 bits per heavy atom. The molecular weight excluding hydrogens is 306 g/mol. The number of benzene rings is 1. The maximum atomic E-state index is 12.9. The number of fused-ring (bicyclic) bond motifs is 2. The molecule has 1 aliphatic carbocycles. The lowest BCUT2D eigenvalue weighted by molar-refractivity contribution is -0.174. The van der Waals surface area contributed by atoms with Gasteiger partial charge in [-0.3, -0.25) is 9.59 Å². The number of hydrogen-bond donors (Lipinski definition) is 1. The molecule has 4 rings (SSSR count). The summed E-state index contributed by atoms with van der Waals surface area (Å²) in [7, 11) is 1.43. The number of amides is 1. The summed E-state index contributed by atoms with van der Waals surface area (Å²) in [6.07, 6.45) is 2.38. The van der Waals surface area contributed by atoms with Gasteiger partial charge in [-0.15, -0.1) is 0 Å². The second-order valence-electron chi connectivity index (χ2n) is 7.69. The number of H-pyrrole nitrogens is 1. The zero-order valence-corrected chi connectivity index (χ0v) is 14.1. The van der Waals surface area contributed by atoms with E-state index >= 15 is 0 Å². The number of rotatable bonds is 2. The van der Waals surface area contributed by atoms with Crippen LogP contribution in [0.3, 0.4) is 0 Å². The minimum absolute atomic E-state index is 0.0417. The predicted molar refractivity (Wildman–Crippen MR) is 88.3 cm³/mol. The van der Waals surface area contributed by atoms with E-state index in [0.29, 0.717) is 18.7 Å². The molecule has 126 valence electrons. The van der Waals surface area contributed by atoms with Crippen LogP contribution in [-0.2, 0) is 9.53 Å². The van der Waals surface area contributed by atoms with E-state index in [1.807, 2.05) is 12.1 Å². The lowest BCUT2D eigenvalue weighted by Crippen LogP contribution is -2.57. The fourth-order valence-electron chi connectivity index (χ4n) is 4.78. The van der Waals surface area contributed by atoms with E-state index < -0.39 is 5.41 Å². The van der Waals surface area contributed by atoms with Crippen LogP contribution in [0.1, 0.15) is 30.6 Å². The number of likely N-dealkylation sites (tertiary alicyclic amines) is 1. The molecule has 2 fully saturated rings. The third-order valence-electron chi connectivity index (χ3n) is 5.80. The number of aromatic amines is 1. The summed E-state index contributed by atoms with van der Waals surface area (Å²) < 4.78 is 5.04. The Labute approximate surface area is 140 Å². The topological polar surface area (TPSA) is 75.3 Å². The summed E-state index contributed by atoms with van der Waals surface area (Å²) in [5, 5.41) is 0. The highest BCUT2D eigenvalue weighted by molar-refractivity contribution is 5.98. The molecule has 1 aromatic carbocycles. The van der Waals surface area contributed by atoms with Gasteiger partial charge in [-0.2, -0.15) is 0 Å². The van der Waals surface area contributed by atoms with Crippen LogP contribution in [0, 0.1) is 16.7 Å². The summed E-state index contributed by atoms with van der Waals surface area (Å²) in [4.78, 5) is 34.3. The van der Waals surface area contributed by atoms with Crippen LogP contribution in [0.15, 0.2) is 24.5 Å². The fraction of sp³-hybridized carbons (Fsp3) is 0.500. The molecule has 1 N–H and O–H groups in total. The predicted octanol–water partition coefficient (Wildman–Crippen LogP) is 2.22. The number of imidazole rings is 1. The third kappa shape index (κ3) is 1.92. The second-order valence-corrected chi connectivity index (χ2v) is 7.69. The molecule has 2 aliphatic rings. The highest BCUT2D eigenvalue weighted by Crippen LogP contribution is 2.63. The molecule has 0 radical (unpaired) electrons. The molecular formula is C18H21N3O3. The van der Waals surface area contributed by atoms with E-state index in [2.05, 4.69) is 23.8 Å². The van der Waals surface area contributed by atoms with Gasteiger partial charge in [0.1, 0.15) is 0 Å². The first-order valence-electron chi connectivity index (χ1n) is 8.18. The van der Waals surface area contributed by atoms with Gasteiger partial charge in [-0.1, -0.05) is 13.8 Å². The molecule has 2 atom stereocenters. The first kappa shape index (κ1) is 15.2. The molecule has 2 heterocycles. The van der Waals surface area contributed by atoms with Crippen molar-refractivity contribution in [1.29, 1.82) is 0 Å². The standard InChI is InChI=1S/C18H21N3O3/c1-17(2)8-18(16(23)24-3)9-21(7-14(17)18)15(22)11-4-5-12-13(6-11)20-10-19-12/h4-6,10,14H,7-9H2,1-3H3,(H,19,20)/t14-,18+/m1/s1. The quantitative estimate of drug-likeness (QED) is 0.858. The van der Waals surface area contributed by atoms with E-state index in [-0.39, 0.29) is 23.2 Å². The van der Waals surface area contributed by atoms with E-state index in [0.717, 1.165) is 17.5 Å². The number of nitrogens with one attached hydrogen (secondary N) is 1. The van der Waals surface area contributed by atoms with Crippen LogP contribution in [0.5, 0.6) is 0 Å². The Morgan fingerprint density at radius 1 is 1.38 bits per heavy atom. The van der Waals surface area contributed by atoms with Gasteiger partial charge in [0.2, 0.25) is 0 Å². The normalized spacial score (nSPS) is 27.6. The minimum atomic E-state index is -0.536. The van der Waals surface area contributed by atoms with Crippen LogP contribution in [0.4, 0.5) is 0 Å². The first-order chi connectivity index (χ1) is 11.4. The van der Waals surface area contributed by atoms with Gasteiger partial charge in [-0.25, -0.2) is 4.98 Å². The smallest absolute Gasteiger partial charge is 0.314 e. The zero-order chi connectivity index (χ0) is 17.1. The average Bonchev–Trinajstić information content (AvgIpc) is 3.15. The van der Waals surface area contributed by atoms with Gasteiger partial charge in [-0.05, 0) is 36.0 Å². The Bertz CT molecular complexity index is 841. The van der Waals surface area contributed by atoms with Crippen LogP contribution in [-0.4, -0.2) is 46.9 Å². The Kier molecular flexibility index (Phi) is 3.04. The van der Waals surface area contributed by atoms with Gasteiger partial charge in [0.15, 0.2) is 0 Å². The van der Waals surface area contributed by atoms with Crippen molar-refractivity contribution in [3.8, 4) is 0 Å². The van der Waals surface area contributed by atoms with Crippen LogP contribution in [0.2, 0.25) is 0 Å². The van der Waals surface area contributed by atoms with Gasteiger partial charge in [0.25, 0.3) is 5.91 Å². The summed E-state index contributed by atoms with van der Waals surface area (Å²) >= 11 is 0. The van der Waals surface area contributed by atoms with E-state index in [1.165, 1.54) is 7.11 Å². The van der Waals surface area contributed by atoms with Gasteiger partial charge in [0.05, 0.1) is 29.9 Å². The zero-order valence-electron chi connectivity index (χ0n) is 14.1. The Hall–Kier alpha value is -2.37. The fourth-order valence-corrected chi connectivity index (χ4v) is 4.78. The van der Waals surface area contributed by atoms with Crippen LogP contribution in [0.25, 0.3) is 11.0 Å².